The maximum absolute atomic E-state index is 13.2. The van der Waals surface area contributed by atoms with E-state index in [2.05, 4.69) is 0 Å². The number of benzene rings is 2. The quantitative estimate of drug-likeness (QED) is 0.922. The molecular weight excluding hydrogens is 320 g/mol. The first-order valence-corrected chi connectivity index (χ1v) is 8.04. The lowest BCUT2D eigenvalue weighted by Crippen LogP contribution is -2.46. The van der Waals surface area contributed by atoms with Crippen LogP contribution in [0.1, 0.15) is 15.9 Å². The Balaban J connectivity index is 2.04. The fraction of sp³-hybridized carbons (Fsp3) is 0.316. The average Bonchev–Trinajstić information content (AvgIpc) is 2.65. The van der Waals surface area contributed by atoms with Crippen LogP contribution in [-0.4, -0.2) is 39.8 Å². The molecule has 0 aliphatic carbocycles. The van der Waals surface area contributed by atoms with Gasteiger partial charge < -0.3 is 24.8 Å². The number of carbonyl (C=O) groups excluding carboxylic acids is 1. The fourth-order valence-corrected chi connectivity index (χ4v) is 3.18. The number of fused-ring (bicyclic) bond motifs is 1. The summed E-state index contributed by atoms with van der Waals surface area (Å²) in [6.45, 7) is 0.465. The van der Waals surface area contributed by atoms with E-state index in [1.165, 1.54) is 21.3 Å². The van der Waals surface area contributed by atoms with Crippen molar-refractivity contribution in [1.29, 1.82) is 0 Å². The van der Waals surface area contributed by atoms with Crippen molar-refractivity contribution in [2.75, 3.05) is 32.8 Å². The van der Waals surface area contributed by atoms with E-state index < -0.39 is 0 Å². The van der Waals surface area contributed by atoms with Crippen molar-refractivity contribution in [2.45, 2.75) is 12.5 Å². The highest BCUT2D eigenvalue weighted by Gasteiger charge is 2.28. The third-order valence-electron chi connectivity index (χ3n) is 4.34. The number of para-hydroxylation sites is 1. The second kappa shape index (κ2) is 7.03. The van der Waals surface area contributed by atoms with Gasteiger partial charge in [0.2, 0.25) is 5.75 Å². The summed E-state index contributed by atoms with van der Waals surface area (Å²) in [6.07, 6.45) is 0.759. The Bertz CT molecular complexity index is 766. The van der Waals surface area contributed by atoms with Crippen molar-refractivity contribution in [2.24, 2.45) is 5.73 Å². The molecular formula is C19H22N2O4. The number of nitrogens with two attached hydrogens (primary N) is 1. The summed E-state index contributed by atoms with van der Waals surface area (Å²) in [5, 5.41) is 0. The molecule has 3 rings (SSSR count). The summed E-state index contributed by atoms with van der Waals surface area (Å²) < 4.78 is 16.0. The monoisotopic (exact) mass is 342 g/mol. The van der Waals surface area contributed by atoms with Gasteiger partial charge in [0.05, 0.1) is 21.3 Å². The summed E-state index contributed by atoms with van der Waals surface area (Å²) in [6, 6.07) is 11.0. The van der Waals surface area contributed by atoms with Gasteiger partial charge >= 0.3 is 0 Å². The van der Waals surface area contributed by atoms with Crippen LogP contribution in [0.15, 0.2) is 36.4 Å². The molecule has 6 nitrogen and oxygen atoms in total. The minimum Gasteiger partial charge on any atom is -0.493 e. The third-order valence-corrected chi connectivity index (χ3v) is 4.34. The first kappa shape index (κ1) is 17.1. The van der Waals surface area contributed by atoms with Crippen LogP contribution < -0.4 is 24.8 Å². The number of anilines is 1. The van der Waals surface area contributed by atoms with Gasteiger partial charge in [0.25, 0.3) is 5.91 Å². The number of methoxy groups -OCH3 is 3. The molecule has 2 N–H and O–H groups in total. The first-order valence-electron chi connectivity index (χ1n) is 8.04. The number of nitrogens with zero attached hydrogens (tertiary/aromatic N) is 1. The van der Waals surface area contributed by atoms with Gasteiger partial charge in [-0.3, -0.25) is 4.79 Å². The van der Waals surface area contributed by atoms with Crippen LogP contribution in [-0.2, 0) is 6.42 Å². The minimum atomic E-state index is -0.151. The largest absolute Gasteiger partial charge is 0.493 e. The van der Waals surface area contributed by atoms with Crippen LogP contribution in [0.2, 0.25) is 0 Å². The van der Waals surface area contributed by atoms with E-state index in [-0.39, 0.29) is 11.9 Å². The molecule has 2 aromatic carbocycles. The lowest BCUT2D eigenvalue weighted by Gasteiger charge is -2.33. The smallest absolute Gasteiger partial charge is 0.258 e. The molecule has 0 saturated heterocycles. The zero-order chi connectivity index (χ0) is 18.0. The van der Waals surface area contributed by atoms with Crippen molar-refractivity contribution >= 4 is 11.6 Å². The lowest BCUT2D eigenvalue weighted by atomic mass is 9.97. The molecule has 6 heteroatoms. The van der Waals surface area contributed by atoms with Crippen LogP contribution in [0.5, 0.6) is 17.2 Å². The Hall–Kier alpha value is -2.73. The highest BCUT2D eigenvalue weighted by molar-refractivity contribution is 6.07. The maximum atomic E-state index is 13.2. The van der Waals surface area contributed by atoms with E-state index in [1.54, 1.807) is 17.0 Å². The van der Waals surface area contributed by atoms with Crippen LogP contribution in [0, 0.1) is 0 Å². The van der Waals surface area contributed by atoms with Crippen LogP contribution in [0.25, 0.3) is 0 Å². The predicted octanol–water partition coefficient (Wildman–Crippen LogP) is 2.24. The van der Waals surface area contributed by atoms with Gasteiger partial charge in [-0.15, -0.1) is 0 Å². The molecule has 0 spiro atoms. The molecule has 0 saturated carbocycles. The van der Waals surface area contributed by atoms with Crippen molar-refractivity contribution in [3.8, 4) is 17.2 Å². The summed E-state index contributed by atoms with van der Waals surface area (Å²) >= 11 is 0. The van der Waals surface area contributed by atoms with E-state index >= 15 is 0 Å². The second-order valence-electron chi connectivity index (χ2n) is 5.92. The Morgan fingerprint density at radius 1 is 1.08 bits per heavy atom. The summed E-state index contributed by atoms with van der Waals surface area (Å²) in [5.74, 6) is 1.19. The summed E-state index contributed by atoms with van der Waals surface area (Å²) in [4.78, 5) is 14.9. The van der Waals surface area contributed by atoms with Gasteiger partial charge in [0.15, 0.2) is 11.5 Å². The normalized spacial score (nSPS) is 16.2. The molecule has 1 unspecified atom stereocenters. The van der Waals surface area contributed by atoms with E-state index in [1.807, 2.05) is 24.3 Å². The standard InChI is InChI=1S/C19H22N2O4/c1-23-16-9-13(10-17(24-2)18(16)25-3)19(22)21-11-14(20)8-12-6-4-5-7-15(12)21/h4-7,9-10,14H,8,11,20H2,1-3H3. The summed E-state index contributed by atoms with van der Waals surface area (Å²) in [7, 11) is 4.58. The zero-order valence-electron chi connectivity index (χ0n) is 14.6. The lowest BCUT2D eigenvalue weighted by molar-refractivity contribution is 0.0982. The molecule has 0 fully saturated rings. The van der Waals surface area contributed by atoms with Gasteiger partial charge in [-0.25, -0.2) is 0 Å². The van der Waals surface area contributed by atoms with Crippen molar-refractivity contribution in [3.05, 3.63) is 47.5 Å². The number of ether oxygens (including phenoxy) is 3. The number of amides is 1. The second-order valence-corrected chi connectivity index (χ2v) is 5.92. The number of carbonyl (C=O) groups is 1. The third kappa shape index (κ3) is 3.13. The van der Waals surface area contributed by atoms with E-state index in [0.29, 0.717) is 29.4 Å². The number of hydrogen-bond donors (Lipinski definition) is 1. The molecule has 0 aromatic heterocycles. The van der Waals surface area contributed by atoms with Crippen molar-refractivity contribution in [3.63, 3.8) is 0 Å². The Morgan fingerprint density at radius 2 is 1.72 bits per heavy atom. The molecule has 0 radical (unpaired) electrons. The Morgan fingerprint density at radius 3 is 2.32 bits per heavy atom. The van der Waals surface area contributed by atoms with Crippen molar-refractivity contribution < 1.29 is 19.0 Å². The van der Waals surface area contributed by atoms with E-state index in [9.17, 15) is 4.79 Å². The topological polar surface area (TPSA) is 74.0 Å². The van der Waals surface area contributed by atoms with Gasteiger partial charge in [0, 0.05) is 23.8 Å². The number of hydrogen-bond acceptors (Lipinski definition) is 5. The molecule has 1 aliphatic rings. The maximum Gasteiger partial charge on any atom is 0.258 e. The zero-order valence-corrected chi connectivity index (χ0v) is 14.6. The average molecular weight is 342 g/mol. The van der Waals surface area contributed by atoms with Gasteiger partial charge in [-0.1, -0.05) is 18.2 Å². The van der Waals surface area contributed by atoms with E-state index in [0.717, 1.165) is 17.7 Å². The summed E-state index contributed by atoms with van der Waals surface area (Å²) in [5.41, 5.74) is 8.57. The molecule has 1 atom stereocenters. The Labute approximate surface area is 147 Å². The molecule has 25 heavy (non-hydrogen) atoms. The predicted molar refractivity (Wildman–Crippen MR) is 95.9 cm³/mol. The van der Waals surface area contributed by atoms with Crippen LogP contribution in [0.3, 0.4) is 0 Å². The molecule has 1 amide bonds. The Kier molecular flexibility index (Phi) is 4.81. The fourth-order valence-electron chi connectivity index (χ4n) is 3.18. The first-order chi connectivity index (χ1) is 12.1. The molecule has 0 bridgehead atoms. The highest BCUT2D eigenvalue weighted by atomic mass is 16.5. The number of rotatable bonds is 4. The van der Waals surface area contributed by atoms with E-state index in [4.69, 9.17) is 19.9 Å². The molecule has 2 aromatic rings. The molecule has 1 heterocycles. The highest BCUT2D eigenvalue weighted by Crippen LogP contribution is 2.39. The molecule has 1 aliphatic heterocycles. The van der Waals surface area contributed by atoms with Crippen molar-refractivity contribution in [1.82, 2.24) is 0 Å². The minimum absolute atomic E-state index is 0.0964. The van der Waals surface area contributed by atoms with Crippen LogP contribution in [0.4, 0.5) is 5.69 Å². The van der Waals surface area contributed by atoms with Crippen LogP contribution >= 0.6 is 0 Å². The van der Waals surface area contributed by atoms with Gasteiger partial charge in [-0.2, -0.15) is 0 Å². The van der Waals surface area contributed by atoms with Gasteiger partial charge in [-0.05, 0) is 30.2 Å². The van der Waals surface area contributed by atoms with Gasteiger partial charge in [0.1, 0.15) is 0 Å². The molecule has 132 valence electrons. The SMILES string of the molecule is COc1cc(C(=O)N2CC(N)Cc3ccccc32)cc(OC)c1OC.